The lowest BCUT2D eigenvalue weighted by Crippen LogP contribution is -2.15. The summed E-state index contributed by atoms with van der Waals surface area (Å²) in [6.45, 7) is 13.6. The first-order chi connectivity index (χ1) is 9.32. The van der Waals surface area contributed by atoms with E-state index in [9.17, 15) is 5.11 Å². The fourth-order valence-electron chi connectivity index (χ4n) is 2.77. The molecule has 0 aliphatic rings. The molecule has 0 spiro atoms. The van der Waals surface area contributed by atoms with Crippen LogP contribution in [-0.4, -0.2) is 11.2 Å². The number of aliphatic hydroxyl groups is 1. The molecule has 0 aliphatic heterocycles. The van der Waals surface area contributed by atoms with Crippen LogP contribution in [0.5, 0.6) is 0 Å². The van der Waals surface area contributed by atoms with E-state index in [-0.39, 0.29) is 6.10 Å². The molecule has 0 aliphatic carbocycles. The van der Waals surface area contributed by atoms with Crippen LogP contribution in [0.15, 0.2) is 0 Å². The van der Waals surface area contributed by atoms with Gasteiger partial charge in [-0.25, -0.2) is 0 Å². The first kappa shape index (κ1) is 20.0. The van der Waals surface area contributed by atoms with Gasteiger partial charge < -0.3 is 5.11 Å². The van der Waals surface area contributed by atoms with Crippen LogP contribution in [-0.2, 0) is 0 Å². The van der Waals surface area contributed by atoms with E-state index in [4.69, 9.17) is 0 Å². The Kier molecular flexibility index (Phi) is 11.6. The summed E-state index contributed by atoms with van der Waals surface area (Å²) in [5.74, 6) is 2.92. The summed E-state index contributed by atoms with van der Waals surface area (Å²) in [7, 11) is 0. The smallest absolute Gasteiger partial charge is 0.0563 e. The van der Waals surface area contributed by atoms with Gasteiger partial charge in [0.05, 0.1) is 6.10 Å². The molecule has 0 fully saturated rings. The van der Waals surface area contributed by atoms with E-state index in [2.05, 4.69) is 41.5 Å². The molecular formula is C19H40O. The lowest BCUT2D eigenvalue weighted by Gasteiger charge is -2.18. The molecule has 0 aromatic rings. The van der Waals surface area contributed by atoms with Gasteiger partial charge in [0, 0.05) is 0 Å². The van der Waals surface area contributed by atoms with Crippen molar-refractivity contribution in [2.24, 2.45) is 23.7 Å². The topological polar surface area (TPSA) is 20.2 Å². The van der Waals surface area contributed by atoms with E-state index in [0.29, 0.717) is 5.92 Å². The maximum absolute atomic E-state index is 9.83. The first-order valence-electron chi connectivity index (χ1n) is 9.01. The zero-order chi connectivity index (χ0) is 15.5. The molecule has 0 aromatic heterocycles. The Morgan fingerprint density at radius 2 is 1.05 bits per heavy atom. The van der Waals surface area contributed by atoms with Gasteiger partial charge >= 0.3 is 0 Å². The van der Waals surface area contributed by atoms with Crippen molar-refractivity contribution in [3.63, 3.8) is 0 Å². The summed E-state index contributed by atoms with van der Waals surface area (Å²) in [5.41, 5.74) is 0. The van der Waals surface area contributed by atoms with Crippen molar-refractivity contribution < 1.29 is 5.11 Å². The van der Waals surface area contributed by atoms with Crippen LogP contribution >= 0.6 is 0 Å². The Morgan fingerprint density at radius 1 is 0.600 bits per heavy atom. The summed E-state index contributed by atoms with van der Waals surface area (Å²) in [6, 6.07) is 0. The highest BCUT2D eigenvalue weighted by Gasteiger charge is 2.11. The molecule has 0 rings (SSSR count). The van der Waals surface area contributed by atoms with Gasteiger partial charge in [-0.05, 0) is 36.5 Å². The highest BCUT2D eigenvalue weighted by Crippen LogP contribution is 2.22. The van der Waals surface area contributed by atoms with Crippen molar-refractivity contribution in [3.8, 4) is 0 Å². The van der Waals surface area contributed by atoms with E-state index in [1.807, 2.05) is 0 Å². The first-order valence-corrected chi connectivity index (χ1v) is 9.01. The molecule has 122 valence electrons. The molecule has 3 atom stereocenters. The Hall–Kier alpha value is -0.0400. The van der Waals surface area contributed by atoms with Crippen LogP contribution in [0.3, 0.4) is 0 Å². The van der Waals surface area contributed by atoms with Crippen LogP contribution in [0.4, 0.5) is 0 Å². The fraction of sp³-hybridized carbons (Fsp3) is 1.00. The highest BCUT2D eigenvalue weighted by atomic mass is 16.3. The Bertz CT molecular complexity index is 210. The van der Waals surface area contributed by atoms with Crippen molar-refractivity contribution in [1.29, 1.82) is 0 Å². The van der Waals surface area contributed by atoms with Crippen LogP contribution in [0.2, 0.25) is 0 Å². The summed E-state index contributed by atoms with van der Waals surface area (Å²) in [5, 5.41) is 9.83. The van der Waals surface area contributed by atoms with Crippen molar-refractivity contribution in [3.05, 3.63) is 0 Å². The summed E-state index contributed by atoms with van der Waals surface area (Å²) >= 11 is 0. The van der Waals surface area contributed by atoms with Crippen LogP contribution < -0.4 is 0 Å². The minimum atomic E-state index is -0.104. The number of rotatable bonds is 12. The maximum atomic E-state index is 9.83. The molecule has 1 N–H and O–H groups in total. The Morgan fingerprint density at radius 3 is 1.50 bits per heavy atom. The second-order valence-corrected chi connectivity index (χ2v) is 7.85. The number of aliphatic hydroxyl groups excluding tert-OH is 1. The Labute approximate surface area is 128 Å². The number of hydrogen-bond acceptors (Lipinski definition) is 1. The maximum Gasteiger partial charge on any atom is 0.0563 e. The van der Waals surface area contributed by atoms with Crippen molar-refractivity contribution >= 4 is 0 Å². The molecule has 0 saturated carbocycles. The molecule has 20 heavy (non-hydrogen) atoms. The molecule has 0 bridgehead atoms. The van der Waals surface area contributed by atoms with Crippen molar-refractivity contribution in [1.82, 2.24) is 0 Å². The molecule has 0 amide bonds. The quantitative estimate of drug-likeness (QED) is 0.462. The predicted molar refractivity (Wildman–Crippen MR) is 90.9 cm³/mol. The molecule has 0 aromatic carbocycles. The third kappa shape index (κ3) is 11.8. The SMILES string of the molecule is CC(C)CCCC(C)CCCC(C)CCC(O)C(C)C. The van der Waals surface area contributed by atoms with Gasteiger partial charge in [0.2, 0.25) is 0 Å². The fourth-order valence-corrected chi connectivity index (χ4v) is 2.77. The van der Waals surface area contributed by atoms with Crippen molar-refractivity contribution in [2.45, 2.75) is 99.0 Å². The van der Waals surface area contributed by atoms with E-state index in [0.717, 1.165) is 24.2 Å². The monoisotopic (exact) mass is 284 g/mol. The molecule has 0 heterocycles. The average Bonchev–Trinajstić information content (AvgIpc) is 2.35. The molecular weight excluding hydrogens is 244 g/mol. The standard InChI is InChI=1S/C19H40O/c1-15(2)9-7-10-17(5)11-8-12-18(6)13-14-19(20)16(3)4/h15-20H,7-14H2,1-6H3. The van der Waals surface area contributed by atoms with Crippen LogP contribution in [0.1, 0.15) is 92.9 Å². The lowest BCUT2D eigenvalue weighted by atomic mass is 9.90. The third-order valence-electron chi connectivity index (χ3n) is 4.60. The molecule has 1 nitrogen and oxygen atoms in total. The minimum absolute atomic E-state index is 0.104. The molecule has 0 radical (unpaired) electrons. The summed E-state index contributed by atoms with van der Waals surface area (Å²) in [4.78, 5) is 0. The predicted octanol–water partition coefficient (Wildman–Crippen LogP) is 6.05. The van der Waals surface area contributed by atoms with Crippen molar-refractivity contribution in [2.75, 3.05) is 0 Å². The van der Waals surface area contributed by atoms with Gasteiger partial charge in [-0.15, -0.1) is 0 Å². The minimum Gasteiger partial charge on any atom is -0.393 e. The normalized spacial score (nSPS) is 16.6. The van der Waals surface area contributed by atoms with Crippen LogP contribution in [0, 0.1) is 23.7 Å². The van der Waals surface area contributed by atoms with Gasteiger partial charge in [0.25, 0.3) is 0 Å². The van der Waals surface area contributed by atoms with E-state index in [1.54, 1.807) is 0 Å². The number of hydrogen-bond donors (Lipinski definition) is 1. The third-order valence-corrected chi connectivity index (χ3v) is 4.60. The van der Waals surface area contributed by atoms with Gasteiger partial charge in [-0.3, -0.25) is 0 Å². The Balaban J connectivity index is 3.52. The average molecular weight is 285 g/mol. The van der Waals surface area contributed by atoms with E-state index in [1.165, 1.54) is 44.9 Å². The van der Waals surface area contributed by atoms with Gasteiger partial charge in [0.1, 0.15) is 0 Å². The molecule has 3 unspecified atom stereocenters. The molecule has 0 saturated heterocycles. The van der Waals surface area contributed by atoms with Crippen LogP contribution in [0.25, 0.3) is 0 Å². The summed E-state index contributed by atoms with van der Waals surface area (Å²) in [6.07, 6.45) is 10.3. The van der Waals surface area contributed by atoms with E-state index < -0.39 is 0 Å². The second-order valence-electron chi connectivity index (χ2n) is 7.85. The highest BCUT2D eigenvalue weighted by molar-refractivity contribution is 4.64. The largest absolute Gasteiger partial charge is 0.393 e. The molecule has 1 heteroatoms. The summed E-state index contributed by atoms with van der Waals surface area (Å²) < 4.78 is 0. The van der Waals surface area contributed by atoms with Gasteiger partial charge in [-0.1, -0.05) is 80.1 Å². The van der Waals surface area contributed by atoms with E-state index >= 15 is 0 Å². The zero-order valence-electron chi connectivity index (χ0n) is 15.0. The zero-order valence-corrected chi connectivity index (χ0v) is 15.0. The second kappa shape index (κ2) is 11.6. The van der Waals surface area contributed by atoms with Gasteiger partial charge in [0.15, 0.2) is 0 Å². The van der Waals surface area contributed by atoms with Gasteiger partial charge in [-0.2, -0.15) is 0 Å². The lowest BCUT2D eigenvalue weighted by molar-refractivity contribution is 0.108.